The standard InChI is InChI=1S/C10H10N2O4/c1-7(13)16-12(10(11)15)9(14)8-5-3-2-4-6-8/h2-6H,1H3,(H2,11,15). The van der Waals surface area contributed by atoms with Gasteiger partial charge in [-0.2, -0.15) is 0 Å². The molecule has 0 aliphatic carbocycles. The zero-order chi connectivity index (χ0) is 12.1. The maximum Gasteiger partial charge on any atom is 0.356 e. The maximum atomic E-state index is 11.7. The molecule has 1 aromatic rings. The van der Waals surface area contributed by atoms with Gasteiger partial charge in [0.25, 0.3) is 5.91 Å². The molecule has 6 heteroatoms. The van der Waals surface area contributed by atoms with Gasteiger partial charge < -0.3 is 10.6 Å². The minimum absolute atomic E-state index is 0.197. The zero-order valence-electron chi connectivity index (χ0n) is 8.54. The molecule has 6 nitrogen and oxygen atoms in total. The molecule has 2 N–H and O–H groups in total. The average Bonchev–Trinajstić information content (AvgIpc) is 2.25. The highest BCUT2D eigenvalue weighted by molar-refractivity contribution is 6.03. The van der Waals surface area contributed by atoms with Crippen LogP contribution in [0.4, 0.5) is 4.79 Å². The molecular formula is C10H10N2O4. The van der Waals surface area contributed by atoms with E-state index in [9.17, 15) is 14.4 Å². The number of hydrogen-bond acceptors (Lipinski definition) is 4. The van der Waals surface area contributed by atoms with Crippen molar-refractivity contribution >= 4 is 17.9 Å². The number of nitrogens with two attached hydrogens (primary N) is 1. The number of benzene rings is 1. The third-order valence-electron chi connectivity index (χ3n) is 1.63. The summed E-state index contributed by atoms with van der Waals surface area (Å²) in [6, 6.07) is 6.73. The van der Waals surface area contributed by atoms with Crippen LogP contribution in [0.1, 0.15) is 17.3 Å². The summed E-state index contributed by atoms with van der Waals surface area (Å²) in [7, 11) is 0. The highest BCUT2D eigenvalue weighted by atomic mass is 16.7. The lowest BCUT2D eigenvalue weighted by atomic mass is 10.2. The van der Waals surface area contributed by atoms with E-state index in [4.69, 9.17) is 5.73 Å². The van der Waals surface area contributed by atoms with Crippen LogP contribution >= 0.6 is 0 Å². The normalized spacial score (nSPS) is 9.31. The lowest BCUT2D eigenvalue weighted by Crippen LogP contribution is -2.41. The van der Waals surface area contributed by atoms with Crippen LogP contribution in [0.3, 0.4) is 0 Å². The Balaban J connectivity index is 2.92. The van der Waals surface area contributed by atoms with Crippen molar-refractivity contribution in [3.05, 3.63) is 35.9 Å². The molecular weight excluding hydrogens is 212 g/mol. The van der Waals surface area contributed by atoms with Gasteiger partial charge in [0.05, 0.1) is 0 Å². The topological polar surface area (TPSA) is 89.7 Å². The van der Waals surface area contributed by atoms with Crippen molar-refractivity contribution in [1.82, 2.24) is 5.06 Å². The van der Waals surface area contributed by atoms with Crippen molar-refractivity contribution in [3.8, 4) is 0 Å². The van der Waals surface area contributed by atoms with E-state index < -0.39 is 17.9 Å². The minimum Gasteiger partial charge on any atom is -0.349 e. The van der Waals surface area contributed by atoms with Crippen LogP contribution in [-0.2, 0) is 9.63 Å². The first-order valence-electron chi connectivity index (χ1n) is 4.40. The summed E-state index contributed by atoms with van der Waals surface area (Å²) in [6.45, 7) is 1.06. The lowest BCUT2D eigenvalue weighted by molar-refractivity contribution is -0.165. The number of carbonyl (C=O) groups excluding carboxylic acids is 3. The number of amides is 3. The van der Waals surface area contributed by atoms with E-state index in [-0.39, 0.29) is 10.6 Å². The molecule has 0 spiro atoms. The van der Waals surface area contributed by atoms with E-state index in [0.29, 0.717) is 0 Å². The van der Waals surface area contributed by atoms with Crippen LogP contribution in [-0.4, -0.2) is 23.0 Å². The average molecular weight is 222 g/mol. The molecule has 0 atom stereocenters. The van der Waals surface area contributed by atoms with Crippen molar-refractivity contribution in [2.75, 3.05) is 0 Å². The van der Waals surface area contributed by atoms with Gasteiger partial charge in [0.2, 0.25) is 0 Å². The SMILES string of the molecule is CC(=O)ON(C(N)=O)C(=O)c1ccccc1. The van der Waals surface area contributed by atoms with Gasteiger partial charge in [-0.25, -0.2) is 9.59 Å². The summed E-state index contributed by atoms with van der Waals surface area (Å²) < 4.78 is 0. The first-order valence-corrected chi connectivity index (χ1v) is 4.40. The largest absolute Gasteiger partial charge is 0.356 e. The molecule has 0 aliphatic heterocycles. The Morgan fingerprint density at radius 3 is 2.19 bits per heavy atom. The molecule has 0 unspecified atom stereocenters. The first-order chi connectivity index (χ1) is 7.52. The Bertz CT molecular complexity index is 416. The molecule has 1 aromatic carbocycles. The number of urea groups is 1. The van der Waals surface area contributed by atoms with E-state index in [0.717, 1.165) is 6.92 Å². The number of carbonyl (C=O) groups is 3. The third-order valence-corrected chi connectivity index (χ3v) is 1.63. The van der Waals surface area contributed by atoms with Crippen LogP contribution in [0.15, 0.2) is 30.3 Å². The highest BCUT2D eigenvalue weighted by Crippen LogP contribution is 2.05. The smallest absolute Gasteiger partial charge is 0.349 e. The van der Waals surface area contributed by atoms with E-state index in [1.54, 1.807) is 18.2 Å². The van der Waals surface area contributed by atoms with Gasteiger partial charge in [0.1, 0.15) is 0 Å². The second-order valence-corrected chi connectivity index (χ2v) is 2.89. The number of hydroxylamine groups is 2. The van der Waals surface area contributed by atoms with Gasteiger partial charge in [-0.3, -0.25) is 4.79 Å². The Kier molecular flexibility index (Phi) is 3.60. The first kappa shape index (κ1) is 11.7. The molecule has 0 heterocycles. The Morgan fingerprint density at radius 1 is 1.19 bits per heavy atom. The second-order valence-electron chi connectivity index (χ2n) is 2.89. The zero-order valence-corrected chi connectivity index (χ0v) is 8.54. The molecule has 0 aromatic heterocycles. The summed E-state index contributed by atoms with van der Waals surface area (Å²) in [5.74, 6) is -1.59. The van der Waals surface area contributed by atoms with Crippen molar-refractivity contribution in [2.45, 2.75) is 6.92 Å². The van der Waals surface area contributed by atoms with Crippen molar-refractivity contribution in [3.63, 3.8) is 0 Å². The third kappa shape index (κ3) is 2.81. The number of nitrogens with zero attached hydrogens (tertiary/aromatic N) is 1. The highest BCUT2D eigenvalue weighted by Gasteiger charge is 2.23. The molecule has 16 heavy (non-hydrogen) atoms. The fourth-order valence-electron chi connectivity index (χ4n) is 1.01. The number of rotatable bonds is 1. The molecule has 0 aliphatic rings. The molecule has 0 fully saturated rings. The van der Waals surface area contributed by atoms with Gasteiger partial charge in [-0.1, -0.05) is 23.3 Å². The number of hydrogen-bond donors (Lipinski definition) is 1. The monoisotopic (exact) mass is 222 g/mol. The molecule has 3 amide bonds. The van der Waals surface area contributed by atoms with E-state index in [1.807, 2.05) is 0 Å². The van der Waals surface area contributed by atoms with Crippen LogP contribution in [0.25, 0.3) is 0 Å². The number of primary amides is 1. The van der Waals surface area contributed by atoms with Gasteiger partial charge >= 0.3 is 12.0 Å². The lowest BCUT2D eigenvalue weighted by Gasteiger charge is -2.15. The quantitative estimate of drug-likeness (QED) is 0.707. The van der Waals surface area contributed by atoms with Crippen LogP contribution in [0.2, 0.25) is 0 Å². The molecule has 0 bridgehead atoms. The van der Waals surface area contributed by atoms with Crippen LogP contribution < -0.4 is 5.73 Å². The van der Waals surface area contributed by atoms with Gasteiger partial charge in [0.15, 0.2) is 0 Å². The Labute approximate surface area is 91.5 Å². The van der Waals surface area contributed by atoms with Crippen molar-refractivity contribution < 1.29 is 19.2 Å². The van der Waals surface area contributed by atoms with Gasteiger partial charge in [-0.15, -0.1) is 0 Å². The Hall–Kier alpha value is -2.37. The summed E-state index contributed by atoms with van der Waals surface area (Å²) in [5, 5.41) is 0.220. The van der Waals surface area contributed by atoms with Gasteiger partial charge in [-0.05, 0) is 12.1 Å². The molecule has 0 radical (unpaired) electrons. The second kappa shape index (κ2) is 4.92. The van der Waals surface area contributed by atoms with E-state index >= 15 is 0 Å². The fourth-order valence-corrected chi connectivity index (χ4v) is 1.01. The van der Waals surface area contributed by atoms with Crippen LogP contribution in [0.5, 0.6) is 0 Å². The summed E-state index contributed by atoms with van der Waals surface area (Å²) in [6.07, 6.45) is 0. The van der Waals surface area contributed by atoms with Crippen LogP contribution in [0, 0.1) is 0 Å². The summed E-state index contributed by atoms with van der Waals surface area (Å²) in [4.78, 5) is 37.6. The minimum atomic E-state index is -1.15. The predicted octanol–water partition coefficient (Wildman–Crippen LogP) is 0.686. The van der Waals surface area contributed by atoms with E-state index in [1.165, 1.54) is 12.1 Å². The molecule has 0 saturated heterocycles. The summed E-state index contributed by atoms with van der Waals surface area (Å²) >= 11 is 0. The molecule has 84 valence electrons. The molecule has 0 saturated carbocycles. The molecule has 1 rings (SSSR count). The Morgan fingerprint density at radius 2 is 1.75 bits per heavy atom. The summed E-state index contributed by atoms with van der Waals surface area (Å²) in [5.41, 5.74) is 5.11. The van der Waals surface area contributed by atoms with Crippen molar-refractivity contribution in [2.24, 2.45) is 5.73 Å². The van der Waals surface area contributed by atoms with Gasteiger partial charge in [0, 0.05) is 12.5 Å². The van der Waals surface area contributed by atoms with E-state index in [2.05, 4.69) is 4.84 Å². The number of imide groups is 1. The fraction of sp³-hybridized carbons (Fsp3) is 0.100. The predicted molar refractivity (Wildman–Crippen MR) is 54.0 cm³/mol. The van der Waals surface area contributed by atoms with Crippen molar-refractivity contribution in [1.29, 1.82) is 0 Å². The maximum absolute atomic E-state index is 11.7.